The second-order valence-electron chi connectivity index (χ2n) is 5.03. The number of hydrogen-bond acceptors (Lipinski definition) is 3. The molecule has 98 valence electrons. The fourth-order valence-electron chi connectivity index (χ4n) is 2.14. The van der Waals surface area contributed by atoms with Gasteiger partial charge in [0, 0.05) is 24.8 Å². The molecule has 3 N–H and O–H groups in total. The number of nitrogens with two attached hydrogens (primary N) is 1. The minimum absolute atomic E-state index is 0.0935. The van der Waals surface area contributed by atoms with Crippen molar-refractivity contribution in [3.05, 3.63) is 29.3 Å². The zero-order valence-corrected chi connectivity index (χ0v) is 11.1. The van der Waals surface area contributed by atoms with Crippen LogP contribution in [-0.4, -0.2) is 37.0 Å². The SMILES string of the molecule is CC(CN)N(C)CCc1ccc2c(c1)CC(=O)N2. The van der Waals surface area contributed by atoms with Crippen molar-refractivity contribution in [1.82, 2.24) is 4.90 Å². The number of hydrogen-bond donors (Lipinski definition) is 2. The summed E-state index contributed by atoms with van der Waals surface area (Å²) in [4.78, 5) is 13.5. The molecule has 0 aromatic heterocycles. The Bertz CT molecular complexity index is 445. The van der Waals surface area contributed by atoms with Gasteiger partial charge in [-0.2, -0.15) is 0 Å². The number of rotatable bonds is 5. The van der Waals surface area contributed by atoms with E-state index in [1.54, 1.807) is 0 Å². The molecule has 1 atom stereocenters. The molecule has 1 aliphatic rings. The zero-order chi connectivity index (χ0) is 13.1. The van der Waals surface area contributed by atoms with Crippen LogP contribution in [0, 0.1) is 0 Å². The molecule has 1 heterocycles. The van der Waals surface area contributed by atoms with Gasteiger partial charge in [0.2, 0.25) is 5.91 Å². The number of fused-ring (bicyclic) bond motifs is 1. The first-order valence-corrected chi connectivity index (χ1v) is 6.42. The summed E-state index contributed by atoms with van der Waals surface area (Å²) in [7, 11) is 2.09. The Kier molecular flexibility index (Phi) is 3.99. The van der Waals surface area contributed by atoms with Gasteiger partial charge >= 0.3 is 0 Å². The first-order valence-electron chi connectivity index (χ1n) is 6.42. The van der Waals surface area contributed by atoms with Crippen molar-refractivity contribution in [3.63, 3.8) is 0 Å². The Hall–Kier alpha value is -1.39. The van der Waals surface area contributed by atoms with Gasteiger partial charge in [-0.05, 0) is 37.6 Å². The van der Waals surface area contributed by atoms with Crippen LogP contribution in [0.25, 0.3) is 0 Å². The molecule has 18 heavy (non-hydrogen) atoms. The lowest BCUT2D eigenvalue weighted by molar-refractivity contribution is -0.115. The molecular weight excluding hydrogens is 226 g/mol. The van der Waals surface area contributed by atoms with Gasteiger partial charge in [0.15, 0.2) is 0 Å². The van der Waals surface area contributed by atoms with Gasteiger partial charge in [-0.25, -0.2) is 0 Å². The molecule has 1 aliphatic heterocycles. The van der Waals surface area contributed by atoms with Gasteiger partial charge in [0.1, 0.15) is 0 Å². The molecule has 0 radical (unpaired) electrons. The summed E-state index contributed by atoms with van der Waals surface area (Å²) in [6.45, 7) is 3.79. The van der Waals surface area contributed by atoms with E-state index in [0.29, 0.717) is 19.0 Å². The second-order valence-corrected chi connectivity index (χ2v) is 5.03. The van der Waals surface area contributed by atoms with Crippen LogP contribution >= 0.6 is 0 Å². The van der Waals surface area contributed by atoms with Crippen LogP contribution in [0.1, 0.15) is 18.1 Å². The molecule has 0 spiro atoms. The average molecular weight is 247 g/mol. The van der Waals surface area contributed by atoms with Crippen molar-refractivity contribution in [2.75, 3.05) is 25.5 Å². The van der Waals surface area contributed by atoms with E-state index in [-0.39, 0.29) is 5.91 Å². The highest BCUT2D eigenvalue weighted by atomic mass is 16.1. The number of anilines is 1. The predicted octanol–water partition coefficient (Wildman–Crippen LogP) is 1.00. The van der Waals surface area contributed by atoms with Gasteiger partial charge in [-0.3, -0.25) is 4.79 Å². The van der Waals surface area contributed by atoms with Crippen LogP contribution in [0.4, 0.5) is 5.69 Å². The lowest BCUT2D eigenvalue weighted by Gasteiger charge is -2.23. The lowest BCUT2D eigenvalue weighted by Crippen LogP contribution is -2.36. The normalized spacial score (nSPS) is 15.7. The van der Waals surface area contributed by atoms with E-state index in [0.717, 1.165) is 24.2 Å². The highest BCUT2D eigenvalue weighted by Crippen LogP contribution is 2.24. The number of benzene rings is 1. The second kappa shape index (κ2) is 5.50. The summed E-state index contributed by atoms with van der Waals surface area (Å²) in [5.41, 5.74) is 9.01. The molecule has 1 amide bonds. The van der Waals surface area contributed by atoms with Crippen molar-refractivity contribution in [3.8, 4) is 0 Å². The monoisotopic (exact) mass is 247 g/mol. The third kappa shape index (κ3) is 2.89. The molecule has 4 nitrogen and oxygen atoms in total. The average Bonchev–Trinajstić information content (AvgIpc) is 2.74. The Balaban J connectivity index is 1.95. The molecule has 4 heteroatoms. The van der Waals surface area contributed by atoms with E-state index >= 15 is 0 Å². The standard InChI is InChI=1S/C14H21N3O/c1-10(9-15)17(2)6-5-11-3-4-13-12(7-11)8-14(18)16-13/h3-4,7,10H,5-6,8-9,15H2,1-2H3,(H,16,18). The fraction of sp³-hybridized carbons (Fsp3) is 0.500. The van der Waals surface area contributed by atoms with Crippen molar-refractivity contribution in [2.45, 2.75) is 25.8 Å². The number of carbonyl (C=O) groups is 1. The largest absolute Gasteiger partial charge is 0.329 e. The Morgan fingerprint density at radius 3 is 3.00 bits per heavy atom. The number of carbonyl (C=O) groups excluding carboxylic acids is 1. The van der Waals surface area contributed by atoms with E-state index in [1.807, 2.05) is 6.07 Å². The van der Waals surface area contributed by atoms with Gasteiger partial charge in [-0.1, -0.05) is 12.1 Å². The topological polar surface area (TPSA) is 58.4 Å². The summed E-state index contributed by atoms with van der Waals surface area (Å²) in [5, 5.41) is 2.85. The third-order valence-corrected chi connectivity index (χ3v) is 3.64. The summed E-state index contributed by atoms with van der Waals surface area (Å²) in [6, 6.07) is 6.63. The van der Waals surface area contributed by atoms with Crippen LogP contribution in [0.15, 0.2) is 18.2 Å². The van der Waals surface area contributed by atoms with Crippen molar-refractivity contribution < 1.29 is 4.79 Å². The van der Waals surface area contributed by atoms with Gasteiger partial charge < -0.3 is 16.0 Å². The Labute approximate surface area is 108 Å². The van der Waals surface area contributed by atoms with Crippen LogP contribution in [0.3, 0.4) is 0 Å². The summed E-state index contributed by atoms with van der Waals surface area (Å²) >= 11 is 0. The van der Waals surface area contributed by atoms with Crippen molar-refractivity contribution in [2.24, 2.45) is 5.73 Å². The van der Waals surface area contributed by atoms with E-state index in [4.69, 9.17) is 5.73 Å². The fourth-order valence-corrected chi connectivity index (χ4v) is 2.14. The molecule has 1 aromatic carbocycles. The molecule has 0 saturated heterocycles. The van der Waals surface area contributed by atoms with Crippen LogP contribution in [0.5, 0.6) is 0 Å². The number of amides is 1. The molecule has 2 rings (SSSR count). The Morgan fingerprint density at radius 2 is 2.28 bits per heavy atom. The van der Waals surface area contributed by atoms with Gasteiger partial charge in [0.05, 0.1) is 6.42 Å². The van der Waals surface area contributed by atoms with Crippen LogP contribution in [-0.2, 0) is 17.6 Å². The quantitative estimate of drug-likeness (QED) is 0.816. The smallest absolute Gasteiger partial charge is 0.228 e. The van der Waals surface area contributed by atoms with Crippen molar-refractivity contribution in [1.29, 1.82) is 0 Å². The lowest BCUT2D eigenvalue weighted by atomic mass is 10.1. The van der Waals surface area contributed by atoms with E-state index < -0.39 is 0 Å². The highest BCUT2D eigenvalue weighted by molar-refractivity contribution is 5.99. The maximum atomic E-state index is 11.3. The molecule has 0 bridgehead atoms. The molecule has 0 aliphatic carbocycles. The number of nitrogens with zero attached hydrogens (tertiary/aromatic N) is 1. The molecule has 1 aromatic rings. The minimum Gasteiger partial charge on any atom is -0.329 e. The molecule has 1 unspecified atom stereocenters. The van der Waals surface area contributed by atoms with Crippen molar-refractivity contribution >= 4 is 11.6 Å². The highest BCUT2D eigenvalue weighted by Gasteiger charge is 2.17. The van der Waals surface area contributed by atoms with E-state index in [1.165, 1.54) is 5.56 Å². The molecule has 0 fully saturated rings. The van der Waals surface area contributed by atoms with E-state index in [2.05, 4.69) is 36.3 Å². The third-order valence-electron chi connectivity index (χ3n) is 3.64. The Morgan fingerprint density at radius 1 is 1.50 bits per heavy atom. The van der Waals surface area contributed by atoms with Crippen LogP contribution < -0.4 is 11.1 Å². The molecular formula is C14H21N3O. The van der Waals surface area contributed by atoms with Gasteiger partial charge in [0.25, 0.3) is 0 Å². The van der Waals surface area contributed by atoms with Gasteiger partial charge in [-0.15, -0.1) is 0 Å². The molecule has 0 saturated carbocycles. The summed E-state index contributed by atoms with van der Waals surface area (Å²) < 4.78 is 0. The predicted molar refractivity (Wildman–Crippen MR) is 73.6 cm³/mol. The summed E-state index contributed by atoms with van der Waals surface area (Å²) in [6.07, 6.45) is 1.50. The zero-order valence-electron chi connectivity index (χ0n) is 11.1. The summed E-state index contributed by atoms with van der Waals surface area (Å²) in [5.74, 6) is 0.0935. The first-order chi connectivity index (χ1) is 8.60. The number of nitrogens with one attached hydrogen (secondary N) is 1. The maximum absolute atomic E-state index is 11.3. The van der Waals surface area contributed by atoms with Crippen LogP contribution in [0.2, 0.25) is 0 Å². The first kappa shape index (κ1) is 13.1. The minimum atomic E-state index is 0.0935. The van der Waals surface area contributed by atoms with E-state index in [9.17, 15) is 4.79 Å². The maximum Gasteiger partial charge on any atom is 0.228 e. The number of likely N-dealkylation sites (N-methyl/N-ethyl adjacent to an activating group) is 1.